The largest absolute Gasteiger partial charge is 0.490 e. The van der Waals surface area contributed by atoms with Gasteiger partial charge in [-0.05, 0) is 58.8 Å². The predicted octanol–water partition coefficient (Wildman–Crippen LogP) is 2.69. The third-order valence-corrected chi connectivity index (χ3v) is 5.13. The minimum atomic E-state index is -4.37. The predicted molar refractivity (Wildman–Crippen MR) is 114 cm³/mol. The summed E-state index contributed by atoms with van der Waals surface area (Å²) in [5, 5.41) is 14.7. The Labute approximate surface area is 180 Å². The van der Waals surface area contributed by atoms with Crippen LogP contribution in [0.15, 0.2) is 50.9 Å². The molecular formula is C16H15BrN4O6S2. The number of hydrogen-bond acceptors (Lipinski definition) is 8. The summed E-state index contributed by atoms with van der Waals surface area (Å²) in [6.07, 6.45) is 1.39. The first-order valence-electron chi connectivity index (χ1n) is 7.88. The number of nitrogens with one attached hydrogen (secondary N) is 1. The van der Waals surface area contributed by atoms with Crippen molar-refractivity contribution < 1.29 is 22.3 Å². The SMILES string of the molecule is CCOc1cc(/C=N\NC(N)=S)cc(Br)c1OS(=O)(=O)c1cccc([N+](=O)[O-])c1. The molecule has 0 fully saturated rings. The van der Waals surface area contributed by atoms with Gasteiger partial charge in [0, 0.05) is 12.1 Å². The molecule has 0 aliphatic heterocycles. The van der Waals surface area contributed by atoms with Crippen molar-refractivity contribution in [1.29, 1.82) is 0 Å². The summed E-state index contributed by atoms with van der Waals surface area (Å²) in [5.41, 5.74) is 7.83. The molecule has 3 N–H and O–H groups in total. The number of hydrogen-bond donors (Lipinski definition) is 2. The number of non-ortho nitro benzene ring substituents is 1. The van der Waals surface area contributed by atoms with Crippen LogP contribution < -0.4 is 20.1 Å². The van der Waals surface area contributed by atoms with E-state index in [9.17, 15) is 18.5 Å². The fourth-order valence-electron chi connectivity index (χ4n) is 2.09. The summed E-state index contributed by atoms with van der Waals surface area (Å²) < 4.78 is 36.2. The summed E-state index contributed by atoms with van der Waals surface area (Å²) in [6, 6.07) is 7.56. The van der Waals surface area contributed by atoms with E-state index in [1.54, 1.807) is 6.92 Å². The Kier molecular flexibility index (Phi) is 7.47. The Morgan fingerprint density at radius 3 is 2.76 bits per heavy atom. The average molecular weight is 503 g/mol. The maximum Gasteiger partial charge on any atom is 0.339 e. The van der Waals surface area contributed by atoms with Gasteiger partial charge in [0.05, 0.1) is 22.2 Å². The molecule has 0 aromatic heterocycles. The van der Waals surface area contributed by atoms with E-state index in [2.05, 4.69) is 38.7 Å². The van der Waals surface area contributed by atoms with Crippen LogP contribution in [0.25, 0.3) is 0 Å². The molecule has 0 aliphatic rings. The number of nitro groups is 1. The number of hydrazone groups is 1. The van der Waals surface area contributed by atoms with E-state index in [-0.39, 0.29) is 38.3 Å². The van der Waals surface area contributed by atoms with Gasteiger partial charge in [0.1, 0.15) is 4.90 Å². The zero-order chi connectivity index (χ0) is 21.6. The van der Waals surface area contributed by atoms with Gasteiger partial charge < -0.3 is 14.7 Å². The fraction of sp³-hybridized carbons (Fsp3) is 0.125. The molecule has 0 atom stereocenters. The summed E-state index contributed by atoms with van der Waals surface area (Å²) >= 11 is 7.89. The van der Waals surface area contributed by atoms with E-state index in [1.165, 1.54) is 36.5 Å². The molecule has 2 aromatic rings. The minimum absolute atomic E-state index is 0.0200. The first-order valence-corrected chi connectivity index (χ1v) is 10.5. The number of benzene rings is 2. The second-order valence-corrected chi connectivity index (χ2v) is 8.13. The quantitative estimate of drug-likeness (QED) is 0.183. The molecule has 2 rings (SSSR count). The lowest BCUT2D eigenvalue weighted by atomic mass is 10.2. The van der Waals surface area contributed by atoms with Gasteiger partial charge in [0.2, 0.25) is 0 Å². The Morgan fingerprint density at radius 2 is 2.14 bits per heavy atom. The van der Waals surface area contributed by atoms with E-state index in [0.29, 0.717) is 5.56 Å². The molecule has 154 valence electrons. The van der Waals surface area contributed by atoms with Crippen molar-refractivity contribution in [2.45, 2.75) is 11.8 Å². The van der Waals surface area contributed by atoms with Crippen LogP contribution in [0.1, 0.15) is 12.5 Å². The highest BCUT2D eigenvalue weighted by molar-refractivity contribution is 9.10. The minimum Gasteiger partial charge on any atom is -0.490 e. The number of nitrogens with two attached hydrogens (primary N) is 1. The van der Waals surface area contributed by atoms with Crippen molar-refractivity contribution in [3.63, 3.8) is 0 Å². The van der Waals surface area contributed by atoms with Crippen molar-refractivity contribution in [2.24, 2.45) is 10.8 Å². The normalized spacial score (nSPS) is 11.2. The van der Waals surface area contributed by atoms with Crippen LogP contribution in [0, 0.1) is 10.1 Å². The molecule has 0 radical (unpaired) electrons. The molecule has 0 heterocycles. The Balaban J connectivity index is 2.42. The number of ether oxygens (including phenoxy) is 1. The summed E-state index contributed by atoms with van der Waals surface area (Å²) in [4.78, 5) is 9.84. The lowest BCUT2D eigenvalue weighted by molar-refractivity contribution is -0.385. The van der Waals surface area contributed by atoms with E-state index in [1.807, 2.05) is 0 Å². The third kappa shape index (κ3) is 6.10. The highest BCUT2D eigenvalue weighted by Crippen LogP contribution is 2.38. The molecule has 10 nitrogen and oxygen atoms in total. The zero-order valence-corrected chi connectivity index (χ0v) is 18.1. The summed E-state index contributed by atoms with van der Waals surface area (Å²) in [5.74, 6) is 0.00506. The lowest BCUT2D eigenvalue weighted by Crippen LogP contribution is -2.24. The van der Waals surface area contributed by atoms with E-state index in [0.717, 1.165) is 6.07 Å². The number of nitro benzene ring substituents is 1. The van der Waals surface area contributed by atoms with Gasteiger partial charge in [-0.1, -0.05) is 6.07 Å². The lowest BCUT2D eigenvalue weighted by Gasteiger charge is -2.14. The van der Waals surface area contributed by atoms with Gasteiger partial charge in [0.25, 0.3) is 5.69 Å². The van der Waals surface area contributed by atoms with Gasteiger partial charge in [0.15, 0.2) is 16.6 Å². The molecule has 29 heavy (non-hydrogen) atoms. The highest BCUT2D eigenvalue weighted by atomic mass is 79.9. The summed E-state index contributed by atoms with van der Waals surface area (Å²) in [6.45, 7) is 1.94. The number of halogens is 1. The van der Waals surface area contributed by atoms with Crippen molar-refractivity contribution >= 4 is 55.3 Å². The standard InChI is InChI=1S/C16H15BrN4O6S2/c1-2-26-14-7-10(9-19-20-16(18)28)6-13(17)15(14)27-29(24,25)12-5-3-4-11(8-12)21(22)23/h3-9H,2H2,1H3,(H3,18,20,28)/b19-9-. The maximum atomic E-state index is 12.6. The number of nitrogens with zero attached hydrogens (tertiary/aromatic N) is 2. The average Bonchev–Trinajstić information content (AvgIpc) is 2.64. The topological polar surface area (TPSA) is 146 Å². The van der Waals surface area contributed by atoms with Gasteiger partial charge in [-0.2, -0.15) is 13.5 Å². The molecule has 13 heteroatoms. The van der Waals surface area contributed by atoms with Gasteiger partial charge >= 0.3 is 10.1 Å². The smallest absolute Gasteiger partial charge is 0.339 e. The van der Waals surface area contributed by atoms with Crippen LogP contribution in [0.3, 0.4) is 0 Å². The van der Waals surface area contributed by atoms with Crippen LogP contribution in [0.4, 0.5) is 5.69 Å². The second-order valence-electron chi connectivity index (χ2n) is 5.29. The number of rotatable bonds is 8. The molecule has 0 amide bonds. The summed E-state index contributed by atoms with van der Waals surface area (Å²) in [7, 11) is -4.37. The van der Waals surface area contributed by atoms with E-state index >= 15 is 0 Å². The molecule has 0 unspecified atom stereocenters. The molecule has 0 aliphatic carbocycles. The van der Waals surface area contributed by atoms with Crippen LogP contribution in [0.2, 0.25) is 0 Å². The fourth-order valence-corrected chi connectivity index (χ4v) is 3.79. The molecular weight excluding hydrogens is 488 g/mol. The van der Waals surface area contributed by atoms with Crippen molar-refractivity contribution in [2.75, 3.05) is 6.61 Å². The molecule has 0 saturated heterocycles. The molecule has 0 bridgehead atoms. The Hall–Kier alpha value is -2.77. The van der Waals surface area contributed by atoms with Gasteiger partial charge in [-0.3, -0.25) is 15.5 Å². The highest BCUT2D eigenvalue weighted by Gasteiger charge is 2.24. The van der Waals surface area contributed by atoms with Crippen LogP contribution >= 0.6 is 28.1 Å². The van der Waals surface area contributed by atoms with E-state index in [4.69, 9.17) is 14.7 Å². The van der Waals surface area contributed by atoms with Crippen molar-refractivity contribution in [3.8, 4) is 11.5 Å². The van der Waals surface area contributed by atoms with Crippen LogP contribution in [-0.4, -0.2) is 31.3 Å². The van der Waals surface area contributed by atoms with Crippen LogP contribution in [0.5, 0.6) is 11.5 Å². The molecule has 0 spiro atoms. The Bertz CT molecular complexity index is 1080. The third-order valence-electron chi connectivity index (χ3n) is 3.23. The van der Waals surface area contributed by atoms with Gasteiger partial charge in [-0.15, -0.1) is 0 Å². The first kappa shape index (κ1) is 22.5. The first-order chi connectivity index (χ1) is 13.6. The molecule has 2 aromatic carbocycles. The Morgan fingerprint density at radius 1 is 1.41 bits per heavy atom. The molecule has 0 saturated carbocycles. The second kappa shape index (κ2) is 9.62. The number of thiocarbonyl (C=S) groups is 1. The van der Waals surface area contributed by atoms with Crippen molar-refractivity contribution in [3.05, 3.63) is 56.5 Å². The zero-order valence-electron chi connectivity index (χ0n) is 14.9. The van der Waals surface area contributed by atoms with Crippen molar-refractivity contribution in [1.82, 2.24) is 5.43 Å². The van der Waals surface area contributed by atoms with E-state index < -0.39 is 15.0 Å². The monoisotopic (exact) mass is 502 g/mol. The van der Waals surface area contributed by atoms with Crippen LogP contribution in [-0.2, 0) is 10.1 Å². The maximum absolute atomic E-state index is 12.6. The van der Waals surface area contributed by atoms with Gasteiger partial charge in [-0.25, -0.2) is 0 Å².